The number of nitrogen functional groups attached to an aromatic ring is 1. The third-order valence-electron chi connectivity index (χ3n) is 3.40. The lowest BCUT2D eigenvalue weighted by molar-refractivity contribution is -0.120. The molecule has 1 rings (SSSR count). The van der Waals surface area contributed by atoms with Crippen LogP contribution in [0.4, 0.5) is 15.8 Å². The largest absolute Gasteiger partial charge is 0.397 e. The van der Waals surface area contributed by atoms with Gasteiger partial charge in [-0.3, -0.25) is 9.69 Å². The van der Waals surface area contributed by atoms with Crippen LogP contribution in [-0.4, -0.2) is 29.9 Å². The van der Waals surface area contributed by atoms with Gasteiger partial charge in [-0.25, -0.2) is 4.39 Å². The normalized spacial score (nSPS) is 12.4. The van der Waals surface area contributed by atoms with Gasteiger partial charge >= 0.3 is 0 Å². The molecule has 1 amide bonds. The standard InChI is InChI=1S/C15H24FN3O/c1-4-6-9-19(5-2)11(3)15(20)18-14-8-7-12(16)10-13(14)17/h7-8,10-11H,4-6,9,17H2,1-3H3,(H,18,20). The van der Waals surface area contributed by atoms with Crippen LogP contribution in [0.15, 0.2) is 18.2 Å². The first-order valence-corrected chi connectivity index (χ1v) is 7.09. The molecular formula is C15H24FN3O. The summed E-state index contributed by atoms with van der Waals surface area (Å²) >= 11 is 0. The Balaban J connectivity index is 2.68. The predicted molar refractivity (Wildman–Crippen MR) is 81.1 cm³/mol. The van der Waals surface area contributed by atoms with Crippen LogP contribution in [0.2, 0.25) is 0 Å². The van der Waals surface area contributed by atoms with Crippen molar-refractivity contribution in [1.82, 2.24) is 4.90 Å². The molecule has 0 aliphatic heterocycles. The Kier molecular flexibility index (Phi) is 6.45. The van der Waals surface area contributed by atoms with E-state index in [1.807, 2.05) is 13.8 Å². The third-order valence-corrected chi connectivity index (χ3v) is 3.40. The first-order chi connectivity index (χ1) is 9.49. The second kappa shape index (κ2) is 7.85. The van der Waals surface area contributed by atoms with E-state index in [4.69, 9.17) is 5.73 Å². The first kappa shape index (κ1) is 16.4. The topological polar surface area (TPSA) is 58.4 Å². The Hall–Kier alpha value is -1.62. The van der Waals surface area contributed by atoms with Gasteiger partial charge in [0, 0.05) is 0 Å². The number of rotatable bonds is 7. The molecule has 0 fully saturated rings. The van der Waals surface area contributed by atoms with E-state index in [-0.39, 0.29) is 17.6 Å². The van der Waals surface area contributed by atoms with Gasteiger partial charge in [0.2, 0.25) is 5.91 Å². The number of benzene rings is 1. The summed E-state index contributed by atoms with van der Waals surface area (Å²) in [7, 11) is 0. The third kappa shape index (κ3) is 4.49. The molecule has 0 radical (unpaired) electrons. The molecule has 1 unspecified atom stereocenters. The number of nitrogens with one attached hydrogen (secondary N) is 1. The van der Waals surface area contributed by atoms with Gasteiger partial charge in [0.15, 0.2) is 0 Å². The van der Waals surface area contributed by atoms with E-state index < -0.39 is 5.82 Å². The second-order valence-electron chi connectivity index (χ2n) is 4.88. The number of anilines is 2. The summed E-state index contributed by atoms with van der Waals surface area (Å²) in [6.07, 6.45) is 2.15. The monoisotopic (exact) mass is 281 g/mol. The molecule has 0 spiro atoms. The Labute approximate surface area is 120 Å². The summed E-state index contributed by atoms with van der Waals surface area (Å²) in [5.74, 6) is -0.534. The van der Waals surface area contributed by atoms with Gasteiger partial charge in [-0.15, -0.1) is 0 Å². The van der Waals surface area contributed by atoms with Gasteiger partial charge < -0.3 is 11.1 Å². The van der Waals surface area contributed by atoms with Crippen molar-refractivity contribution in [2.45, 2.75) is 39.7 Å². The lowest BCUT2D eigenvalue weighted by atomic mass is 10.2. The number of likely N-dealkylation sites (N-methyl/N-ethyl adjacent to an activating group) is 1. The Bertz CT molecular complexity index is 451. The highest BCUT2D eigenvalue weighted by molar-refractivity contribution is 5.97. The van der Waals surface area contributed by atoms with Crippen molar-refractivity contribution in [3.8, 4) is 0 Å². The van der Waals surface area contributed by atoms with Gasteiger partial charge in [-0.1, -0.05) is 20.3 Å². The molecule has 0 bridgehead atoms. The summed E-state index contributed by atoms with van der Waals surface area (Å²) in [6, 6.07) is 3.73. The molecule has 1 atom stereocenters. The molecule has 4 nitrogen and oxygen atoms in total. The highest BCUT2D eigenvalue weighted by atomic mass is 19.1. The van der Waals surface area contributed by atoms with Crippen molar-refractivity contribution in [3.05, 3.63) is 24.0 Å². The lowest BCUT2D eigenvalue weighted by Gasteiger charge is -2.26. The number of halogens is 1. The van der Waals surface area contributed by atoms with Crippen LogP contribution in [0.5, 0.6) is 0 Å². The fourth-order valence-corrected chi connectivity index (χ4v) is 2.04. The van der Waals surface area contributed by atoms with Crippen LogP contribution < -0.4 is 11.1 Å². The number of amides is 1. The maximum absolute atomic E-state index is 13.0. The maximum Gasteiger partial charge on any atom is 0.241 e. The van der Waals surface area contributed by atoms with E-state index in [2.05, 4.69) is 17.1 Å². The molecule has 0 aliphatic rings. The molecule has 112 valence electrons. The zero-order valence-electron chi connectivity index (χ0n) is 12.4. The Morgan fingerprint density at radius 2 is 2.15 bits per heavy atom. The fraction of sp³-hybridized carbons (Fsp3) is 0.533. The summed E-state index contributed by atoms with van der Waals surface area (Å²) in [5, 5.41) is 2.76. The number of carbonyl (C=O) groups excluding carboxylic acids is 1. The minimum Gasteiger partial charge on any atom is -0.397 e. The predicted octanol–water partition coefficient (Wildman–Crippen LogP) is 2.86. The van der Waals surface area contributed by atoms with Crippen molar-refractivity contribution in [1.29, 1.82) is 0 Å². The molecule has 0 heterocycles. The van der Waals surface area contributed by atoms with Gasteiger partial charge in [-0.05, 0) is 44.6 Å². The van der Waals surface area contributed by atoms with E-state index in [0.29, 0.717) is 5.69 Å². The molecule has 0 aromatic heterocycles. The van der Waals surface area contributed by atoms with E-state index in [9.17, 15) is 9.18 Å². The molecule has 0 aliphatic carbocycles. The molecule has 0 saturated carbocycles. The van der Waals surface area contributed by atoms with Gasteiger partial charge in [0.1, 0.15) is 5.82 Å². The van der Waals surface area contributed by atoms with E-state index in [0.717, 1.165) is 25.9 Å². The van der Waals surface area contributed by atoms with Crippen LogP contribution in [0.3, 0.4) is 0 Å². The molecule has 3 N–H and O–H groups in total. The molecule has 1 aromatic carbocycles. The zero-order chi connectivity index (χ0) is 15.1. The second-order valence-corrected chi connectivity index (χ2v) is 4.88. The van der Waals surface area contributed by atoms with Gasteiger partial charge in [0.05, 0.1) is 17.4 Å². The smallest absolute Gasteiger partial charge is 0.241 e. The minimum absolute atomic E-state index is 0.124. The van der Waals surface area contributed by atoms with E-state index >= 15 is 0 Å². The Morgan fingerprint density at radius 3 is 2.70 bits per heavy atom. The first-order valence-electron chi connectivity index (χ1n) is 7.09. The summed E-state index contributed by atoms with van der Waals surface area (Å²) in [6.45, 7) is 7.73. The number of hydrogen-bond acceptors (Lipinski definition) is 3. The molecule has 5 heteroatoms. The summed E-state index contributed by atoms with van der Waals surface area (Å²) < 4.78 is 13.0. The summed E-state index contributed by atoms with van der Waals surface area (Å²) in [4.78, 5) is 14.3. The van der Waals surface area contributed by atoms with Crippen molar-refractivity contribution in [2.24, 2.45) is 0 Å². The number of nitrogens with zero attached hydrogens (tertiary/aromatic N) is 1. The molecule has 20 heavy (non-hydrogen) atoms. The SMILES string of the molecule is CCCCN(CC)C(C)C(=O)Nc1ccc(F)cc1N. The number of carbonyl (C=O) groups is 1. The van der Waals surface area contributed by atoms with Crippen molar-refractivity contribution >= 4 is 17.3 Å². The van der Waals surface area contributed by atoms with Crippen LogP contribution in [-0.2, 0) is 4.79 Å². The average molecular weight is 281 g/mol. The molecular weight excluding hydrogens is 257 g/mol. The highest BCUT2D eigenvalue weighted by Gasteiger charge is 2.20. The van der Waals surface area contributed by atoms with Crippen molar-refractivity contribution in [3.63, 3.8) is 0 Å². The lowest BCUT2D eigenvalue weighted by Crippen LogP contribution is -2.42. The number of unbranched alkanes of at least 4 members (excludes halogenated alkanes) is 1. The van der Waals surface area contributed by atoms with Crippen molar-refractivity contribution < 1.29 is 9.18 Å². The van der Waals surface area contributed by atoms with E-state index in [1.54, 1.807) is 0 Å². The number of nitrogens with two attached hydrogens (primary N) is 1. The molecule has 0 saturated heterocycles. The van der Waals surface area contributed by atoms with Crippen molar-refractivity contribution in [2.75, 3.05) is 24.1 Å². The van der Waals surface area contributed by atoms with Crippen LogP contribution in [0, 0.1) is 5.82 Å². The van der Waals surface area contributed by atoms with E-state index in [1.165, 1.54) is 18.2 Å². The zero-order valence-corrected chi connectivity index (χ0v) is 12.4. The van der Waals surface area contributed by atoms with Crippen LogP contribution >= 0.6 is 0 Å². The Morgan fingerprint density at radius 1 is 1.45 bits per heavy atom. The van der Waals surface area contributed by atoms with Crippen LogP contribution in [0.1, 0.15) is 33.6 Å². The summed E-state index contributed by atoms with van der Waals surface area (Å²) in [5.41, 5.74) is 6.38. The maximum atomic E-state index is 13.0. The molecule has 1 aromatic rings. The minimum atomic E-state index is -0.410. The van der Waals surface area contributed by atoms with Gasteiger partial charge in [0.25, 0.3) is 0 Å². The number of hydrogen-bond donors (Lipinski definition) is 2. The van der Waals surface area contributed by atoms with Gasteiger partial charge in [-0.2, -0.15) is 0 Å². The quantitative estimate of drug-likeness (QED) is 0.756. The van der Waals surface area contributed by atoms with Crippen LogP contribution in [0.25, 0.3) is 0 Å². The fourth-order valence-electron chi connectivity index (χ4n) is 2.04. The average Bonchev–Trinajstić information content (AvgIpc) is 2.42. The highest BCUT2D eigenvalue weighted by Crippen LogP contribution is 2.19.